The predicted molar refractivity (Wildman–Crippen MR) is 158 cm³/mol. The number of amides is 2. The van der Waals surface area contributed by atoms with Gasteiger partial charge in [0.15, 0.2) is 0 Å². The minimum absolute atomic E-state index is 0.127. The van der Waals surface area contributed by atoms with E-state index in [1.807, 2.05) is 0 Å². The van der Waals surface area contributed by atoms with Crippen LogP contribution in [0.3, 0.4) is 0 Å². The fraction of sp³-hybridized carbons (Fsp3) is 0.788. The van der Waals surface area contributed by atoms with Crippen LogP contribution in [0.4, 0.5) is 9.18 Å². The number of alkyl halides is 1. The molecule has 0 saturated heterocycles. The van der Waals surface area contributed by atoms with Crippen LogP contribution in [0.25, 0.3) is 0 Å². The lowest BCUT2D eigenvalue weighted by atomic mass is 9.42. The van der Waals surface area contributed by atoms with Crippen LogP contribution in [-0.2, 0) is 10.0 Å². The van der Waals surface area contributed by atoms with Gasteiger partial charge in [-0.15, -0.1) is 0 Å². The van der Waals surface area contributed by atoms with Crippen LogP contribution in [0.5, 0.6) is 0 Å². The molecule has 40 heavy (non-hydrogen) atoms. The minimum atomic E-state index is -3.90. The average Bonchev–Trinajstić information content (AvgIpc) is 3.25. The summed E-state index contributed by atoms with van der Waals surface area (Å²) < 4.78 is 42.9. The number of urea groups is 1. The van der Waals surface area contributed by atoms with E-state index in [0.29, 0.717) is 53.0 Å². The molecule has 0 aromatic heterocycles. The van der Waals surface area contributed by atoms with Crippen molar-refractivity contribution < 1.29 is 17.6 Å². The molecule has 4 unspecified atom stereocenters. The highest BCUT2D eigenvalue weighted by Gasteiger charge is 2.63. The summed E-state index contributed by atoms with van der Waals surface area (Å²) in [4.78, 5) is 12.6. The van der Waals surface area contributed by atoms with Crippen LogP contribution in [0.15, 0.2) is 29.2 Å². The highest BCUT2D eigenvalue weighted by atomic mass is 32.2. The van der Waals surface area contributed by atoms with Crippen LogP contribution in [0, 0.1) is 59.2 Å². The average molecular weight is 575 g/mol. The number of hydrogen-bond donors (Lipinski definition) is 2. The number of carbonyl (C=O) groups is 1. The molecule has 4 fully saturated rings. The Balaban J connectivity index is 1.20. The first kappa shape index (κ1) is 29.8. The number of aryl methyl sites for hydroxylation is 1. The highest BCUT2D eigenvalue weighted by molar-refractivity contribution is 7.90. The number of fused-ring (bicyclic) bond motifs is 5. The molecule has 2 N–H and O–H groups in total. The molecule has 2 amide bonds. The minimum Gasteiger partial charge on any atom is -0.337 e. The Morgan fingerprint density at radius 3 is 2.52 bits per heavy atom. The van der Waals surface area contributed by atoms with Crippen molar-refractivity contribution in [3.8, 4) is 0 Å². The van der Waals surface area contributed by atoms with Gasteiger partial charge < -0.3 is 5.32 Å². The normalized spacial score (nSPS) is 39.9. The molecule has 10 atom stereocenters. The molecule has 5 rings (SSSR count). The molecule has 1 aromatic carbocycles. The van der Waals surface area contributed by atoms with Gasteiger partial charge in [-0.25, -0.2) is 22.3 Å². The van der Waals surface area contributed by atoms with E-state index >= 15 is 4.39 Å². The second kappa shape index (κ2) is 11.2. The van der Waals surface area contributed by atoms with Crippen molar-refractivity contribution in [3.63, 3.8) is 0 Å². The van der Waals surface area contributed by atoms with Gasteiger partial charge in [0.05, 0.1) is 4.90 Å². The molecule has 0 aliphatic heterocycles. The van der Waals surface area contributed by atoms with Crippen molar-refractivity contribution in [2.75, 3.05) is 6.54 Å². The second-order valence-corrected chi connectivity index (χ2v) is 16.0. The number of sulfonamides is 1. The smallest absolute Gasteiger partial charge is 0.328 e. The van der Waals surface area contributed by atoms with Crippen LogP contribution in [0.2, 0.25) is 0 Å². The molecule has 4 aliphatic carbocycles. The fourth-order valence-electron chi connectivity index (χ4n) is 10.7. The van der Waals surface area contributed by atoms with E-state index < -0.39 is 22.2 Å². The van der Waals surface area contributed by atoms with Gasteiger partial charge in [-0.2, -0.15) is 0 Å². The summed E-state index contributed by atoms with van der Waals surface area (Å²) >= 11 is 0. The van der Waals surface area contributed by atoms with Crippen molar-refractivity contribution in [1.82, 2.24) is 10.0 Å². The molecule has 0 radical (unpaired) electrons. The van der Waals surface area contributed by atoms with Crippen LogP contribution < -0.4 is 10.0 Å². The zero-order valence-corrected chi connectivity index (χ0v) is 26.0. The Morgan fingerprint density at radius 2 is 1.80 bits per heavy atom. The SMILES string of the molecule is CC[C@H]1CC2C3CCC([C@H](C)CCNC(=O)NS(=O)(=O)c4ccccc4C)[C@@]3(C)CCC2[C@@]2(C)CCC[C@H](F)[C@@H]12. The second-order valence-electron chi connectivity index (χ2n) is 14.3. The zero-order valence-electron chi connectivity index (χ0n) is 25.2. The molecule has 5 nitrogen and oxygen atoms in total. The lowest BCUT2D eigenvalue weighted by Gasteiger charge is -2.63. The summed E-state index contributed by atoms with van der Waals surface area (Å²) in [5.74, 6) is 3.89. The highest BCUT2D eigenvalue weighted by Crippen LogP contribution is 2.69. The third-order valence-electron chi connectivity index (χ3n) is 12.5. The summed E-state index contributed by atoms with van der Waals surface area (Å²) in [5.41, 5.74) is 1.06. The Morgan fingerprint density at radius 1 is 1.07 bits per heavy atom. The molecule has 0 bridgehead atoms. The maximum Gasteiger partial charge on any atom is 0.328 e. The zero-order chi connectivity index (χ0) is 28.9. The number of hydrogen-bond acceptors (Lipinski definition) is 3. The first-order chi connectivity index (χ1) is 18.9. The quantitative estimate of drug-likeness (QED) is 0.351. The van der Waals surface area contributed by atoms with Crippen LogP contribution >= 0.6 is 0 Å². The molecule has 7 heteroatoms. The Hall–Kier alpha value is -1.63. The topological polar surface area (TPSA) is 75.3 Å². The third-order valence-corrected chi connectivity index (χ3v) is 14.0. The van der Waals surface area contributed by atoms with Crippen molar-refractivity contribution >= 4 is 16.1 Å². The predicted octanol–water partition coefficient (Wildman–Crippen LogP) is 7.64. The van der Waals surface area contributed by atoms with Crippen molar-refractivity contribution in [1.29, 1.82) is 0 Å². The van der Waals surface area contributed by atoms with Crippen molar-refractivity contribution in [2.24, 2.45) is 52.3 Å². The molecule has 4 saturated carbocycles. The lowest BCUT2D eigenvalue weighted by Crippen LogP contribution is -2.58. The summed E-state index contributed by atoms with van der Waals surface area (Å²) in [6, 6.07) is 6.00. The van der Waals surface area contributed by atoms with Gasteiger partial charge in [-0.3, -0.25) is 0 Å². The standard InChI is InChI=1S/C33H51FN2O3S/c1-6-23-20-24-26-14-13-25(32(26,4)18-15-27(24)33(5)17-9-11-28(34)30(23)33)21(2)16-19-35-31(37)36-40(38,39)29-12-8-7-10-22(29)3/h7-8,10,12,21,23-28,30H,6,9,11,13-20H2,1-5H3,(H2,35,36,37)/t21-,23+,24?,25?,26?,27?,28+,30-,32-,33-/m1/s1. The van der Waals surface area contributed by atoms with E-state index in [-0.39, 0.29) is 16.2 Å². The van der Waals surface area contributed by atoms with Gasteiger partial charge in [-0.05, 0) is 129 Å². The largest absolute Gasteiger partial charge is 0.337 e. The molecular weight excluding hydrogens is 523 g/mol. The third kappa shape index (κ3) is 5.11. The number of nitrogens with one attached hydrogen (secondary N) is 2. The van der Waals surface area contributed by atoms with Gasteiger partial charge in [0.2, 0.25) is 0 Å². The van der Waals surface area contributed by atoms with Crippen molar-refractivity contribution in [3.05, 3.63) is 29.8 Å². The maximum atomic E-state index is 15.4. The van der Waals surface area contributed by atoms with Gasteiger partial charge in [0.1, 0.15) is 6.17 Å². The molecule has 1 aromatic rings. The fourth-order valence-corrected chi connectivity index (χ4v) is 11.9. The number of halogens is 1. The van der Waals surface area contributed by atoms with Crippen LogP contribution in [-0.4, -0.2) is 27.2 Å². The van der Waals surface area contributed by atoms with E-state index in [1.54, 1.807) is 25.1 Å². The lowest BCUT2D eigenvalue weighted by molar-refractivity contribution is -0.157. The van der Waals surface area contributed by atoms with E-state index in [2.05, 4.69) is 37.7 Å². The number of carbonyl (C=O) groups excluding carboxylic acids is 1. The van der Waals surface area contributed by atoms with E-state index in [1.165, 1.54) is 44.6 Å². The maximum absolute atomic E-state index is 15.4. The molecule has 0 spiro atoms. The van der Waals surface area contributed by atoms with E-state index in [9.17, 15) is 13.2 Å². The molecular formula is C33H51FN2O3S. The van der Waals surface area contributed by atoms with Gasteiger partial charge in [0, 0.05) is 6.54 Å². The number of rotatable bonds is 7. The summed E-state index contributed by atoms with van der Waals surface area (Å²) in [6.45, 7) is 11.8. The van der Waals surface area contributed by atoms with Crippen LogP contribution in [0.1, 0.15) is 97.5 Å². The number of benzene rings is 1. The first-order valence-electron chi connectivity index (χ1n) is 15.9. The monoisotopic (exact) mass is 574 g/mol. The van der Waals surface area contributed by atoms with Gasteiger partial charge >= 0.3 is 6.03 Å². The Bertz CT molecular complexity index is 1190. The van der Waals surface area contributed by atoms with Gasteiger partial charge in [0.25, 0.3) is 10.0 Å². The summed E-state index contributed by atoms with van der Waals surface area (Å²) in [6.07, 6.45) is 10.5. The summed E-state index contributed by atoms with van der Waals surface area (Å²) in [7, 11) is -3.90. The van der Waals surface area contributed by atoms with E-state index in [4.69, 9.17) is 0 Å². The molecule has 224 valence electrons. The van der Waals surface area contributed by atoms with Gasteiger partial charge in [-0.1, -0.05) is 52.3 Å². The summed E-state index contributed by atoms with van der Waals surface area (Å²) in [5, 5.41) is 2.80. The van der Waals surface area contributed by atoms with Crippen molar-refractivity contribution in [2.45, 2.75) is 110 Å². The first-order valence-corrected chi connectivity index (χ1v) is 17.4. The Kier molecular flexibility index (Phi) is 8.37. The molecule has 0 heterocycles. The van der Waals surface area contributed by atoms with E-state index in [0.717, 1.165) is 25.7 Å². The molecule has 4 aliphatic rings. The Labute approximate surface area is 241 Å².